The third-order valence-corrected chi connectivity index (χ3v) is 6.68. The average molecular weight is 481 g/mol. The number of hydrogen-bond donors (Lipinski definition) is 1. The predicted octanol–water partition coefficient (Wildman–Crippen LogP) is 2.96. The lowest BCUT2D eigenvalue weighted by Gasteiger charge is -2.25. The minimum Gasteiger partial charge on any atom is -0.384 e. The van der Waals surface area contributed by atoms with Crippen LogP contribution in [0.5, 0.6) is 0 Å². The number of rotatable bonds is 4. The molecule has 2 aliphatic rings. The molecule has 3 aromatic rings. The molecule has 0 unspecified atom stereocenters. The number of nitrogens with zero attached hydrogens (tertiary/aromatic N) is 6. The fourth-order valence-electron chi connectivity index (χ4n) is 4.94. The smallest absolute Gasteiger partial charge is 0.257 e. The number of amides is 1. The van der Waals surface area contributed by atoms with E-state index in [0.29, 0.717) is 43.5 Å². The number of aliphatic hydroxyl groups is 1. The Kier molecular flexibility index (Phi) is 5.71. The highest BCUT2D eigenvalue weighted by atomic mass is 19.1. The summed E-state index contributed by atoms with van der Waals surface area (Å²) in [5.74, 6) is -0.653. The number of halogens is 2. The van der Waals surface area contributed by atoms with Gasteiger partial charge in [0.1, 0.15) is 17.1 Å². The zero-order chi connectivity index (χ0) is 24.9. The van der Waals surface area contributed by atoms with Gasteiger partial charge in [-0.25, -0.2) is 28.7 Å². The quantitative estimate of drug-likeness (QED) is 0.614. The molecule has 5 rings (SSSR count). The monoisotopic (exact) mass is 480 g/mol. The van der Waals surface area contributed by atoms with Crippen molar-refractivity contribution in [1.29, 1.82) is 0 Å². The van der Waals surface area contributed by atoms with Gasteiger partial charge < -0.3 is 14.9 Å². The Hall–Kier alpha value is -3.53. The van der Waals surface area contributed by atoms with Gasteiger partial charge in [-0.15, -0.1) is 0 Å². The van der Waals surface area contributed by atoms with Gasteiger partial charge >= 0.3 is 0 Å². The van der Waals surface area contributed by atoms with Crippen molar-refractivity contribution in [2.75, 3.05) is 31.1 Å². The second-order valence-electron chi connectivity index (χ2n) is 9.70. The van der Waals surface area contributed by atoms with Gasteiger partial charge in [-0.05, 0) is 32.9 Å². The van der Waals surface area contributed by atoms with Crippen LogP contribution in [0.1, 0.15) is 35.6 Å². The van der Waals surface area contributed by atoms with Crippen molar-refractivity contribution in [2.45, 2.75) is 26.4 Å². The van der Waals surface area contributed by atoms with Crippen LogP contribution in [0.4, 0.5) is 14.7 Å². The van der Waals surface area contributed by atoms with E-state index in [1.807, 2.05) is 4.90 Å². The molecule has 0 saturated carbocycles. The molecular formula is C25H26F2N6O2. The first-order valence-corrected chi connectivity index (χ1v) is 11.5. The van der Waals surface area contributed by atoms with E-state index in [1.165, 1.54) is 19.9 Å². The van der Waals surface area contributed by atoms with Gasteiger partial charge in [0.05, 0.1) is 11.3 Å². The summed E-state index contributed by atoms with van der Waals surface area (Å²) in [6.45, 7) is 6.61. The maximum absolute atomic E-state index is 14.8. The third kappa shape index (κ3) is 4.22. The highest BCUT2D eigenvalue weighted by molar-refractivity contribution is 6.00. The largest absolute Gasteiger partial charge is 0.384 e. The number of likely N-dealkylation sites (tertiary alicyclic amines) is 1. The lowest BCUT2D eigenvalue weighted by molar-refractivity contribution is 0.0690. The Morgan fingerprint density at radius 3 is 2.31 bits per heavy atom. The molecule has 0 bridgehead atoms. The van der Waals surface area contributed by atoms with E-state index in [9.17, 15) is 18.7 Å². The van der Waals surface area contributed by atoms with Gasteiger partial charge in [0.2, 0.25) is 5.95 Å². The van der Waals surface area contributed by atoms with Crippen LogP contribution in [-0.4, -0.2) is 62.0 Å². The minimum atomic E-state index is -1.44. The van der Waals surface area contributed by atoms with Gasteiger partial charge in [0.25, 0.3) is 5.91 Å². The molecule has 1 N–H and O–H groups in total. The summed E-state index contributed by atoms with van der Waals surface area (Å²) in [6, 6.07) is 6.13. The third-order valence-electron chi connectivity index (χ3n) is 6.68. The number of fused-ring (bicyclic) bond motifs is 1. The van der Waals surface area contributed by atoms with E-state index in [1.54, 1.807) is 42.4 Å². The molecule has 2 fully saturated rings. The van der Waals surface area contributed by atoms with E-state index in [2.05, 4.69) is 19.9 Å². The van der Waals surface area contributed by atoms with Crippen LogP contribution in [0.2, 0.25) is 0 Å². The molecule has 1 amide bonds. The summed E-state index contributed by atoms with van der Waals surface area (Å²) in [5, 5.41) is 10.3. The van der Waals surface area contributed by atoms with Crippen molar-refractivity contribution < 1.29 is 18.7 Å². The first-order valence-electron chi connectivity index (χ1n) is 11.5. The summed E-state index contributed by atoms with van der Waals surface area (Å²) < 4.78 is 29.3. The number of aryl methyl sites for hydroxylation is 1. The molecule has 0 aliphatic carbocycles. The summed E-state index contributed by atoms with van der Waals surface area (Å²) in [7, 11) is 0. The molecule has 0 spiro atoms. The fraction of sp³-hybridized carbons (Fsp3) is 0.400. The molecule has 10 heteroatoms. The van der Waals surface area contributed by atoms with Crippen LogP contribution < -0.4 is 4.90 Å². The second kappa shape index (κ2) is 8.60. The Bertz CT molecular complexity index is 1270. The number of anilines is 1. The maximum atomic E-state index is 14.8. The SMILES string of the molecule is Cc1nc(N2C[C@H]3CN(C(=O)c4c(F)cccc4-c4ncccn4)C[C@H]3C2)nc(C(C)(C)O)c1F. The van der Waals surface area contributed by atoms with E-state index < -0.39 is 17.2 Å². The highest BCUT2D eigenvalue weighted by Gasteiger charge is 2.43. The number of hydrogen-bond acceptors (Lipinski definition) is 7. The van der Waals surface area contributed by atoms with Crippen molar-refractivity contribution in [1.82, 2.24) is 24.8 Å². The van der Waals surface area contributed by atoms with E-state index in [0.717, 1.165) is 0 Å². The fourth-order valence-corrected chi connectivity index (χ4v) is 4.94. The second-order valence-corrected chi connectivity index (χ2v) is 9.70. The lowest BCUT2D eigenvalue weighted by atomic mass is 10.0. The molecule has 8 nitrogen and oxygen atoms in total. The number of aromatic nitrogens is 4. The van der Waals surface area contributed by atoms with E-state index in [-0.39, 0.29) is 34.7 Å². The first kappa shape index (κ1) is 23.2. The lowest BCUT2D eigenvalue weighted by Crippen LogP contribution is -2.35. The zero-order valence-corrected chi connectivity index (χ0v) is 19.7. The van der Waals surface area contributed by atoms with Crippen LogP contribution in [0.3, 0.4) is 0 Å². The predicted molar refractivity (Wildman–Crippen MR) is 124 cm³/mol. The molecule has 2 aromatic heterocycles. The number of benzene rings is 1. The Morgan fingerprint density at radius 1 is 1.03 bits per heavy atom. The minimum absolute atomic E-state index is 0.0251. The molecule has 2 atom stereocenters. The number of carbonyl (C=O) groups is 1. The molecule has 0 radical (unpaired) electrons. The van der Waals surface area contributed by atoms with Gasteiger partial charge in [-0.1, -0.05) is 12.1 Å². The Morgan fingerprint density at radius 2 is 1.69 bits per heavy atom. The molecule has 182 valence electrons. The maximum Gasteiger partial charge on any atom is 0.257 e. The summed E-state index contributed by atoms with van der Waals surface area (Å²) in [4.78, 5) is 34.0. The molecule has 2 aliphatic heterocycles. The molecular weight excluding hydrogens is 454 g/mol. The van der Waals surface area contributed by atoms with Crippen LogP contribution in [0.15, 0.2) is 36.7 Å². The van der Waals surface area contributed by atoms with Crippen molar-refractivity contribution >= 4 is 11.9 Å². The molecule has 4 heterocycles. The number of carbonyl (C=O) groups excluding carboxylic acids is 1. The average Bonchev–Trinajstić information content (AvgIpc) is 3.39. The Balaban J connectivity index is 1.35. The standard InChI is InChI=1S/C25H26F2N6O2/c1-14-20(27)21(25(2,3)35)31-24(30-14)33-12-15-10-32(11-16(15)13-33)23(34)19-17(6-4-7-18(19)26)22-28-8-5-9-29-22/h4-9,15-16,35H,10-13H2,1-3H3/t15-,16+. The summed E-state index contributed by atoms with van der Waals surface area (Å²) in [6.07, 6.45) is 3.11. The van der Waals surface area contributed by atoms with E-state index in [4.69, 9.17) is 0 Å². The van der Waals surface area contributed by atoms with Crippen LogP contribution in [-0.2, 0) is 5.60 Å². The van der Waals surface area contributed by atoms with Crippen LogP contribution in [0, 0.1) is 30.4 Å². The van der Waals surface area contributed by atoms with Gasteiger partial charge in [0, 0.05) is 56.0 Å². The van der Waals surface area contributed by atoms with Crippen molar-refractivity contribution in [3.8, 4) is 11.4 Å². The van der Waals surface area contributed by atoms with Crippen LogP contribution >= 0.6 is 0 Å². The van der Waals surface area contributed by atoms with E-state index >= 15 is 0 Å². The highest BCUT2D eigenvalue weighted by Crippen LogP contribution is 2.36. The van der Waals surface area contributed by atoms with Gasteiger partial charge in [0.15, 0.2) is 11.6 Å². The first-order chi connectivity index (χ1) is 16.6. The molecule has 2 saturated heterocycles. The summed E-state index contributed by atoms with van der Waals surface area (Å²) in [5.41, 5.74) is -0.961. The normalized spacial score (nSPS) is 19.8. The van der Waals surface area contributed by atoms with Crippen molar-refractivity contribution in [3.63, 3.8) is 0 Å². The van der Waals surface area contributed by atoms with Crippen molar-refractivity contribution in [3.05, 3.63) is 65.2 Å². The van der Waals surface area contributed by atoms with Gasteiger partial charge in [-0.3, -0.25) is 4.79 Å². The molecule has 1 aromatic carbocycles. The Labute approximate surface area is 201 Å². The summed E-state index contributed by atoms with van der Waals surface area (Å²) >= 11 is 0. The topological polar surface area (TPSA) is 95.3 Å². The van der Waals surface area contributed by atoms with Gasteiger partial charge in [-0.2, -0.15) is 0 Å². The van der Waals surface area contributed by atoms with Crippen LogP contribution in [0.25, 0.3) is 11.4 Å². The molecule has 35 heavy (non-hydrogen) atoms. The zero-order valence-electron chi connectivity index (χ0n) is 19.7. The van der Waals surface area contributed by atoms with Crippen molar-refractivity contribution in [2.24, 2.45) is 11.8 Å².